The number of aliphatic carboxylic acids is 1. The maximum atomic E-state index is 10.8. The minimum Gasteiger partial charge on any atom is -0.481 e. The molecule has 0 aliphatic carbocycles. The molecule has 0 saturated carbocycles. The summed E-state index contributed by atoms with van der Waals surface area (Å²) in [5.41, 5.74) is 3.69. The number of hydrazone groups is 1. The molecule has 1 rings (SSSR count). The van der Waals surface area contributed by atoms with E-state index in [1.165, 1.54) is 6.92 Å². The van der Waals surface area contributed by atoms with E-state index in [2.05, 4.69) is 10.5 Å². The van der Waals surface area contributed by atoms with Crippen LogP contribution in [0.1, 0.15) is 25.3 Å². The predicted octanol–water partition coefficient (Wildman–Crippen LogP) is 1.39. The van der Waals surface area contributed by atoms with Crippen LogP contribution in [0.15, 0.2) is 35.4 Å². The van der Waals surface area contributed by atoms with E-state index in [-0.39, 0.29) is 18.7 Å². The van der Waals surface area contributed by atoms with Gasteiger partial charge in [-0.1, -0.05) is 30.3 Å². The van der Waals surface area contributed by atoms with Crippen molar-refractivity contribution in [3.8, 4) is 0 Å². The largest absolute Gasteiger partial charge is 0.481 e. The van der Waals surface area contributed by atoms with Crippen LogP contribution >= 0.6 is 0 Å². The molecule has 0 aliphatic heterocycles. The topological polar surface area (TPSA) is 78.8 Å². The van der Waals surface area contributed by atoms with Crippen molar-refractivity contribution in [2.75, 3.05) is 0 Å². The summed E-state index contributed by atoms with van der Waals surface area (Å²) >= 11 is 0. The molecule has 2 N–H and O–H groups in total. The first-order valence-corrected chi connectivity index (χ1v) is 5.20. The van der Waals surface area contributed by atoms with Crippen LogP contribution in [0.5, 0.6) is 0 Å². The first-order chi connectivity index (χ1) is 8.09. The van der Waals surface area contributed by atoms with Crippen LogP contribution in [0.2, 0.25) is 0 Å². The van der Waals surface area contributed by atoms with Gasteiger partial charge in [-0.3, -0.25) is 9.59 Å². The monoisotopic (exact) mass is 234 g/mol. The molecule has 5 heteroatoms. The molecule has 0 heterocycles. The number of nitrogens with one attached hydrogen (secondary N) is 1. The lowest BCUT2D eigenvalue weighted by atomic mass is 10.1. The first kappa shape index (κ1) is 12.9. The molecular formula is C12H14N2O3. The van der Waals surface area contributed by atoms with Crippen molar-refractivity contribution < 1.29 is 14.7 Å². The van der Waals surface area contributed by atoms with Crippen molar-refractivity contribution in [3.63, 3.8) is 0 Å². The lowest BCUT2D eigenvalue weighted by molar-refractivity contribution is -0.136. The second-order valence-corrected chi connectivity index (χ2v) is 3.49. The fourth-order valence-electron chi connectivity index (χ4n) is 1.27. The molecule has 0 saturated heterocycles. The smallest absolute Gasteiger partial charge is 0.303 e. The summed E-state index contributed by atoms with van der Waals surface area (Å²) in [5, 5.41) is 12.6. The van der Waals surface area contributed by atoms with Gasteiger partial charge in [0.05, 0.1) is 12.1 Å². The van der Waals surface area contributed by atoms with Crippen LogP contribution < -0.4 is 5.43 Å². The summed E-state index contributed by atoms with van der Waals surface area (Å²) in [7, 11) is 0. The average Bonchev–Trinajstić information content (AvgIpc) is 2.29. The van der Waals surface area contributed by atoms with Crippen LogP contribution in [0, 0.1) is 0 Å². The van der Waals surface area contributed by atoms with Crippen molar-refractivity contribution in [1.29, 1.82) is 0 Å². The van der Waals surface area contributed by atoms with Crippen LogP contribution in [-0.2, 0) is 9.59 Å². The third kappa shape index (κ3) is 4.92. The Kier molecular flexibility index (Phi) is 4.87. The number of amides is 1. The Labute approximate surface area is 99.2 Å². The molecule has 0 atom stereocenters. The molecule has 0 unspecified atom stereocenters. The molecular weight excluding hydrogens is 220 g/mol. The minimum atomic E-state index is -0.892. The summed E-state index contributed by atoms with van der Waals surface area (Å²) in [6, 6.07) is 9.17. The molecule has 1 amide bonds. The third-order valence-electron chi connectivity index (χ3n) is 2.03. The Morgan fingerprint density at radius 3 is 2.41 bits per heavy atom. The Morgan fingerprint density at radius 1 is 1.24 bits per heavy atom. The molecule has 0 spiro atoms. The Morgan fingerprint density at radius 2 is 1.88 bits per heavy atom. The normalized spacial score (nSPS) is 11.0. The van der Waals surface area contributed by atoms with E-state index in [1.807, 2.05) is 30.3 Å². The van der Waals surface area contributed by atoms with E-state index < -0.39 is 5.97 Å². The number of hydrogen-bond donors (Lipinski definition) is 2. The third-order valence-corrected chi connectivity index (χ3v) is 2.03. The SMILES string of the molecule is CC(=O)N/N=C(/CCC(=O)O)c1ccccc1. The number of carboxylic acid groups (broad SMARTS) is 1. The van der Waals surface area contributed by atoms with E-state index in [1.54, 1.807) is 0 Å². The molecule has 17 heavy (non-hydrogen) atoms. The van der Waals surface area contributed by atoms with Crippen LogP contribution in [0.4, 0.5) is 0 Å². The molecule has 0 radical (unpaired) electrons. The van der Waals surface area contributed by atoms with Gasteiger partial charge in [0, 0.05) is 13.3 Å². The van der Waals surface area contributed by atoms with E-state index in [0.717, 1.165) is 5.56 Å². The number of carbonyl (C=O) groups excluding carboxylic acids is 1. The van der Waals surface area contributed by atoms with E-state index in [0.29, 0.717) is 5.71 Å². The molecule has 0 bridgehead atoms. The number of carboxylic acids is 1. The Bertz CT molecular complexity index is 427. The van der Waals surface area contributed by atoms with E-state index in [9.17, 15) is 9.59 Å². The molecule has 0 fully saturated rings. The molecule has 5 nitrogen and oxygen atoms in total. The zero-order valence-electron chi connectivity index (χ0n) is 9.51. The van der Waals surface area contributed by atoms with Gasteiger partial charge in [0.2, 0.25) is 5.91 Å². The molecule has 1 aromatic rings. The summed E-state index contributed by atoms with van der Waals surface area (Å²) in [6.07, 6.45) is 0.257. The van der Waals surface area contributed by atoms with Crippen molar-refractivity contribution in [1.82, 2.24) is 5.43 Å². The van der Waals surface area contributed by atoms with E-state index in [4.69, 9.17) is 5.11 Å². The highest BCUT2D eigenvalue weighted by Crippen LogP contribution is 2.06. The van der Waals surface area contributed by atoms with Crippen LogP contribution in [0.3, 0.4) is 0 Å². The van der Waals surface area contributed by atoms with Gasteiger partial charge in [0.25, 0.3) is 0 Å². The van der Waals surface area contributed by atoms with Gasteiger partial charge in [-0.05, 0) is 5.56 Å². The standard InChI is InChI=1S/C12H14N2O3/c1-9(15)13-14-11(7-8-12(16)17)10-5-3-2-4-6-10/h2-6H,7-8H2,1H3,(H,13,15)(H,16,17)/b14-11-. The van der Waals surface area contributed by atoms with Crippen molar-refractivity contribution in [2.24, 2.45) is 5.10 Å². The summed E-state index contributed by atoms with van der Waals surface area (Å²) in [4.78, 5) is 21.3. The maximum Gasteiger partial charge on any atom is 0.303 e. The lowest BCUT2D eigenvalue weighted by Crippen LogP contribution is -2.17. The van der Waals surface area contributed by atoms with Crippen LogP contribution in [0.25, 0.3) is 0 Å². The van der Waals surface area contributed by atoms with Crippen LogP contribution in [-0.4, -0.2) is 22.7 Å². The average molecular weight is 234 g/mol. The van der Waals surface area contributed by atoms with Crippen molar-refractivity contribution in [2.45, 2.75) is 19.8 Å². The molecule has 0 aromatic heterocycles. The van der Waals surface area contributed by atoms with E-state index >= 15 is 0 Å². The summed E-state index contributed by atoms with van der Waals surface area (Å²) in [6.45, 7) is 1.35. The van der Waals surface area contributed by atoms with Gasteiger partial charge in [-0.25, -0.2) is 5.43 Å². The van der Waals surface area contributed by atoms with Gasteiger partial charge >= 0.3 is 5.97 Å². The zero-order valence-corrected chi connectivity index (χ0v) is 9.51. The summed E-state index contributed by atoms with van der Waals surface area (Å²) in [5.74, 6) is -1.18. The van der Waals surface area contributed by atoms with Gasteiger partial charge in [0.1, 0.15) is 0 Å². The summed E-state index contributed by atoms with van der Waals surface area (Å²) < 4.78 is 0. The molecule has 90 valence electrons. The fourth-order valence-corrected chi connectivity index (χ4v) is 1.27. The van der Waals surface area contributed by atoms with Gasteiger partial charge in [-0.2, -0.15) is 5.10 Å². The number of nitrogens with zero attached hydrogens (tertiary/aromatic N) is 1. The Hall–Kier alpha value is -2.17. The highest BCUT2D eigenvalue weighted by atomic mass is 16.4. The molecule has 1 aromatic carbocycles. The quantitative estimate of drug-likeness (QED) is 0.597. The zero-order chi connectivity index (χ0) is 12.7. The number of carbonyl (C=O) groups is 2. The number of hydrogen-bond acceptors (Lipinski definition) is 3. The van der Waals surface area contributed by atoms with Crippen molar-refractivity contribution >= 4 is 17.6 Å². The fraction of sp³-hybridized carbons (Fsp3) is 0.250. The number of benzene rings is 1. The first-order valence-electron chi connectivity index (χ1n) is 5.20. The Balaban J connectivity index is 2.82. The highest BCUT2D eigenvalue weighted by Gasteiger charge is 2.06. The molecule has 0 aliphatic rings. The van der Waals surface area contributed by atoms with Gasteiger partial charge < -0.3 is 5.11 Å². The second kappa shape index (κ2) is 6.42. The van der Waals surface area contributed by atoms with Gasteiger partial charge in [-0.15, -0.1) is 0 Å². The van der Waals surface area contributed by atoms with Gasteiger partial charge in [0.15, 0.2) is 0 Å². The van der Waals surface area contributed by atoms with Crippen molar-refractivity contribution in [3.05, 3.63) is 35.9 Å². The lowest BCUT2D eigenvalue weighted by Gasteiger charge is -2.05. The predicted molar refractivity (Wildman–Crippen MR) is 63.7 cm³/mol. The second-order valence-electron chi connectivity index (χ2n) is 3.49. The number of rotatable bonds is 5. The minimum absolute atomic E-state index is 0.0205. The maximum absolute atomic E-state index is 10.8. The highest BCUT2D eigenvalue weighted by molar-refractivity contribution is 6.02.